The lowest BCUT2D eigenvalue weighted by Crippen LogP contribution is -2.45. The number of nitrogens with zero attached hydrogens (tertiary/aromatic N) is 2. The summed E-state index contributed by atoms with van der Waals surface area (Å²) in [5.41, 5.74) is 0.914. The van der Waals surface area contributed by atoms with E-state index in [0.717, 1.165) is 15.6 Å². The molecule has 0 bridgehead atoms. The first-order valence-corrected chi connectivity index (χ1v) is 13.4. The van der Waals surface area contributed by atoms with Gasteiger partial charge in [0.25, 0.3) is 0 Å². The van der Waals surface area contributed by atoms with Crippen LogP contribution < -0.4 is 10.1 Å². The van der Waals surface area contributed by atoms with Crippen molar-refractivity contribution in [3.63, 3.8) is 0 Å². The van der Waals surface area contributed by atoms with Gasteiger partial charge in [0.2, 0.25) is 26.0 Å². The number of hydrogen-bond acceptors (Lipinski definition) is 6. The minimum atomic E-state index is -3.85. The summed E-state index contributed by atoms with van der Waals surface area (Å²) in [7, 11) is -3.10. The first kappa shape index (κ1) is 25.2. The minimum Gasteiger partial charge on any atom is -0.497 e. The highest BCUT2D eigenvalue weighted by Gasteiger charge is 2.33. The second-order valence-electron chi connectivity index (χ2n) is 8.03. The summed E-state index contributed by atoms with van der Waals surface area (Å²) in [5, 5.41) is 2.88. The van der Waals surface area contributed by atoms with Crippen molar-refractivity contribution in [2.75, 3.05) is 34.3 Å². The number of carbonyl (C=O) groups excluding carboxylic acids is 1. The Morgan fingerprint density at radius 3 is 2.21 bits per heavy atom. The number of nitrogens with one attached hydrogen (secondary N) is 1. The predicted octanol–water partition coefficient (Wildman–Crippen LogP) is 1.66. The Bertz CT molecular complexity index is 1180. The lowest BCUT2D eigenvalue weighted by atomic mass is 9.99. The molecule has 1 heterocycles. The maximum absolute atomic E-state index is 13.1. The quantitative estimate of drug-likeness (QED) is 0.596. The van der Waals surface area contributed by atoms with E-state index in [0.29, 0.717) is 25.9 Å². The molecule has 3 rings (SSSR count). The van der Waals surface area contributed by atoms with Crippen LogP contribution in [-0.4, -0.2) is 65.6 Å². The van der Waals surface area contributed by atoms with E-state index in [1.54, 1.807) is 7.11 Å². The van der Waals surface area contributed by atoms with Crippen LogP contribution in [0.3, 0.4) is 0 Å². The molecule has 0 radical (unpaired) electrons. The molecule has 1 aliphatic heterocycles. The number of hydrogen-bond donors (Lipinski definition) is 1. The van der Waals surface area contributed by atoms with Crippen molar-refractivity contribution in [1.29, 1.82) is 0 Å². The molecule has 1 saturated heterocycles. The number of ether oxygens (including phenoxy) is 1. The number of piperidine rings is 1. The molecule has 1 aliphatic rings. The van der Waals surface area contributed by atoms with Crippen LogP contribution in [0.25, 0.3) is 0 Å². The van der Waals surface area contributed by atoms with Crippen LogP contribution in [0.4, 0.5) is 0 Å². The number of sulfonamides is 2. The topological polar surface area (TPSA) is 113 Å². The SMILES string of the molecule is COc1ccc(CNC(=O)C2CCCN(S(=O)(=O)c3ccc(S(=O)(=O)N(C)C)cc3)C2)cc1. The van der Waals surface area contributed by atoms with E-state index in [2.05, 4.69) is 5.32 Å². The number of carbonyl (C=O) groups is 1. The first-order chi connectivity index (χ1) is 15.6. The molecule has 0 saturated carbocycles. The van der Waals surface area contributed by atoms with Crippen LogP contribution in [-0.2, 0) is 31.4 Å². The third-order valence-electron chi connectivity index (χ3n) is 5.62. The van der Waals surface area contributed by atoms with Crippen molar-refractivity contribution >= 4 is 26.0 Å². The maximum atomic E-state index is 13.1. The van der Waals surface area contributed by atoms with Crippen molar-refractivity contribution in [3.8, 4) is 5.75 Å². The Kier molecular flexibility index (Phi) is 7.78. The van der Waals surface area contributed by atoms with Crippen LogP contribution in [0.1, 0.15) is 18.4 Å². The van der Waals surface area contributed by atoms with Gasteiger partial charge in [0, 0.05) is 33.7 Å². The first-order valence-electron chi connectivity index (χ1n) is 10.5. The summed E-state index contributed by atoms with van der Waals surface area (Å²) >= 11 is 0. The van der Waals surface area contributed by atoms with Gasteiger partial charge in [-0.2, -0.15) is 4.31 Å². The van der Waals surface area contributed by atoms with Gasteiger partial charge < -0.3 is 10.1 Å². The molecule has 2 aromatic rings. The summed E-state index contributed by atoms with van der Waals surface area (Å²) in [5.74, 6) is 0.0730. The average molecular weight is 496 g/mol. The van der Waals surface area contributed by atoms with Crippen molar-refractivity contribution in [1.82, 2.24) is 13.9 Å². The molecular formula is C22H29N3O6S2. The Balaban J connectivity index is 1.66. The van der Waals surface area contributed by atoms with E-state index < -0.39 is 26.0 Å². The molecule has 180 valence electrons. The number of methoxy groups -OCH3 is 1. The van der Waals surface area contributed by atoms with Crippen molar-refractivity contribution in [2.45, 2.75) is 29.2 Å². The highest BCUT2D eigenvalue weighted by Crippen LogP contribution is 2.25. The van der Waals surface area contributed by atoms with Crippen LogP contribution in [0.2, 0.25) is 0 Å². The van der Waals surface area contributed by atoms with Crippen LogP contribution in [0, 0.1) is 5.92 Å². The van der Waals surface area contributed by atoms with Gasteiger partial charge >= 0.3 is 0 Å². The lowest BCUT2D eigenvalue weighted by Gasteiger charge is -2.31. The maximum Gasteiger partial charge on any atom is 0.243 e. The summed E-state index contributed by atoms with van der Waals surface area (Å²) in [6.45, 7) is 0.727. The van der Waals surface area contributed by atoms with E-state index in [1.807, 2.05) is 24.3 Å². The Labute approximate surface area is 195 Å². The smallest absolute Gasteiger partial charge is 0.243 e. The highest BCUT2D eigenvalue weighted by molar-refractivity contribution is 7.89. The van der Waals surface area contributed by atoms with Gasteiger partial charge in [0.15, 0.2) is 0 Å². The van der Waals surface area contributed by atoms with Gasteiger partial charge in [-0.1, -0.05) is 12.1 Å². The Morgan fingerprint density at radius 1 is 1.03 bits per heavy atom. The minimum absolute atomic E-state index is 0.000466. The summed E-state index contributed by atoms with van der Waals surface area (Å²) in [6.07, 6.45) is 1.16. The zero-order chi connectivity index (χ0) is 24.2. The Hall–Kier alpha value is -2.47. The fraction of sp³-hybridized carbons (Fsp3) is 0.409. The zero-order valence-electron chi connectivity index (χ0n) is 18.9. The van der Waals surface area contributed by atoms with Gasteiger partial charge in [-0.15, -0.1) is 0 Å². The van der Waals surface area contributed by atoms with Crippen LogP contribution in [0.15, 0.2) is 58.3 Å². The van der Waals surface area contributed by atoms with Crippen molar-refractivity contribution < 1.29 is 26.4 Å². The molecule has 0 aliphatic carbocycles. The van der Waals surface area contributed by atoms with Crippen LogP contribution >= 0.6 is 0 Å². The molecule has 2 aromatic carbocycles. The van der Waals surface area contributed by atoms with Crippen molar-refractivity contribution in [3.05, 3.63) is 54.1 Å². The number of benzene rings is 2. The van der Waals surface area contributed by atoms with Crippen molar-refractivity contribution in [2.24, 2.45) is 5.92 Å². The summed E-state index contributed by atoms with van der Waals surface area (Å²) < 4.78 is 58.2. The second kappa shape index (κ2) is 10.2. The predicted molar refractivity (Wildman–Crippen MR) is 124 cm³/mol. The van der Waals surface area contributed by atoms with E-state index in [4.69, 9.17) is 4.74 Å². The standard InChI is InChI=1S/C22H29N3O6S2/c1-24(2)32(27,28)20-10-12-21(13-11-20)33(29,30)25-14-4-5-18(16-25)22(26)23-15-17-6-8-19(31-3)9-7-17/h6-13,18H,4-5,14-16H2,1-3H3,(H,23,26). The summed E-state index contributed by atoms with van der Waals surface area (Å²) in [6, 6.07) is 12.5. The van der Waals surface area contributed by atoms with E-state index >= 15 is 0 Å². The fourth-order valence-corrected chi connectivity index (χ4v) is 6.02. The van der Waals surface area contributed by atoms with Gasteiger partial charge in [0.1, 0.15) is 5.75 Å². The lowest BCUT2D eigenvalue weighted by molar-refractivity contribution is -0.126. The van der Waals surface area contributed by atoms with E-state index in [-0.39, 0.29) is 22.2 Å². The molecular weight excluding hydrogens is 466 g/mol. The highest BCUT2D eigenvalue weighted by atomic mass is 32.2. The van der Waals surface area contributed by atoms with Gasteiger partial charge in [0.05, 0.1) is 22.8 Å². The molecule has 1 amide bonds. The van der Waals surface area contributed by atoms with E-state index in [1.165, 1.54) is 42.7 Å². The molecule has 11 heteroatoms. The normalized spacial score (nSPS) is 17.6. The summed E-state index contributed by atoms with van der Waals surface area (Å²) in [4.78, 5) is 12.7. The van der Waals surface area contributed by atoms with Gasteiger partial charge in [-0.3, -0.25) is 4.79 Å². The average Bonchev–Trinajstić information content (AvgIpc) is 2.82. The third kappa shape index (κ3) is 5.72. The third-order valence-corrected chi connectivity index (χ3v) is 9.33. The molecule has 0 spiro atoms. The monoisotopic (exact) mass is 495 g/mol. The van der Waals surface area contributed by atoms with Crippen LogP contribution in [0.5, 0.6) is 5.75 Å². The molecule has 1 unspecified atom stereocenters. The molecule has 1 atom stereocenters. The number of amides is 1. The molecule has 1 fully saturated rings. The number of rotatable bonds is 8. The Morgan fingerprint density at radius 2 is 1.64 bits per heavy atom. The largest absolute Gasteiger partial charge is 0.497 e. The van der Waals surface area contributed by atoms with Gasteiger partial charge in [-0.05, 0) is 54.8 Å². The fourth-order valence-electron chi connectivity index (χ4n) is 3.60. The van der Waals surface area contributed by atoms with Gasteiger partial charge in [-0.25, -0.2) is 21.1 Å². The molecule has 9 nitrogen and oxygen atoms in total. The molecule has 1 N–H and O–H groups in total. The van der Waals surface area contributed by atoms with E-state index in [9.17, 15) is 21.6 Å². The second-order valence-corrected chi connectivity index (χ2v) is 12.1. The molecule has 0 aromatic heterocycles. The zero-order valence-corrected chi connectivity index (χ0v) is 20.5. The molecule has 33 heavy (non-hydrogen) atoms.